The summed E-state index contributed by atoms with van der Waals surface area (Å²) in [5, 5.41) is 0. The second-order valence-corrected chi connectivity index (χ2v) is 10.7. The molecule has 1 aliphatic carbocycles. The van der Waals surface area contributed by atoms with Gasteiger partial charge in [-0.05, 0) is 89.5 Å². The van der Waals surface area contributed by atoms with Gasteiger partial charge in [0.1, 0.15) is 5.82 Å². The van der Waals surface area contributed by atoms with Crippen molar-refractivity contribution in [3.63, 3.8) is 0 Å². The number of rotatable bonds is 5. The van der Waals surface area contributed by atoms with Crippen molar-refractivity contribution in [3.8, 4) is 0 Å². The molecule has 2 aliphatic heterocycles. The number of benzene rings is 1. The van der Waals surface area contributed by atoms with E-state index in [9.17, 15) is 18.0 Å². The SMILES string of the molecule is CC(=O)c1ccc(N2C3CCC2CC(N(c2ccc(C)cc2)C2CCC(C(F)(F)F)CC2)C3)nc1. The lowest BCUT2D eigenvalue weighted by Crippen LogP contribution is -2.54. The maximum Gasteiger partial charge on any atom is 0.391 e. The molecule has 1 aromatic heterocycles. The second kappa shape index (κ2) is 9.47. The quantitative estimate of drug-likeness (QED) is 0.441. The lowest BCUT2D eigenvalue weighted by Gasteiger charge is -2.49. The number of ketones is 1. The van der Waals surface area contributed by atoms with Crippen LogP contribution >= 0.6 is 0 Å². The minimum absolute atomic E-state index is 0.0136. The number of hydrogen-bond donors (Lipinski definition) is 0. The molecular weight excluding hydrogens is 451 g/mol. The van der Waals surface area contributed by atoms with Gasteiger partial charge in [0.05, 0.1) is 5.92 Å². The van der Waals surface area contributed by atoms with Crippen molar-refractivity contribution in [1.82, 2.24) is 4.98 Å². The number of alkyl halides is 3. The van der Waals surface area contributed by atoms with Crippen molar-refractivity contribution in [2.75, 3.05) is 9.80 Å². The van der Waals surface area contributed by atoms with Gasteiger partial charge < -0.3 is 9.80 Å². The Morgan fingerprint density at radius 3 is 2.06 bits per heavy atom. The Balaban J connectivity index is 1.37. The number of carbonyl (C=O) groups is 1. The van der Waals surface area contributed by atoms with E-state index in [0.29, 0.717) is 36.5 Å². The van der Waals surface area contributed by atoms with Gasteiger partial charge in [0, 0.05) is 41.6 Å². The van der Waals surface area contributed by atoms with Crippen molar-refractivity contribution >= 4 is 17.3 Å². The molecule has 2 aromatic rings. The van der Waals surface area contributed by atoms with Gasteiger partial charge >= 0.3 is 6.18 Å². The summed E-state index contributed by atoms with van der Waals surface area (Å²) in [7, 11) is 0. The number of fused-ring (bicyclic) bond motifs is 2. The first-order valence-corrected chi connectivity index (χ1v) is 12.9. The van der Waals surface area contributed by atoms with Gasteiger partial charge in [-0.3, -0.25) is 4.79 Å². The third kappa shape index (κ3) is 4.91. The fourth-order valence-corrected chi connectivity index (χ4v) is 6.61. The number of carbonyl (C=O) groups excluding carboxylic acids is 1. The molecule has 3 fully saturated rings. The fourth-order valence-electron chi connectivity index (χ4n) is 6.61. The van der Waals surface area contributed by atoms with E-state index in [1.165, 1.54) is 5.56 Å². The van der Waals surface area contributed by atoms with Crippen molar-refractivity contribution in [3.05, 3.63) is 53.7 Å². The van der Waals surface area contributed by atoms with E-state index < -0.39 is 12.1 Å². The molecule has 2 unspecified atom stereocenters. The molecule has 3 heterocycles. The molecule has 2 bridgehead atoms. The highest BCUT2D eigenvalue weighted by atomic mass is 19.4. The Hall–Kier alpha value is -2.57. The minimum atomic E-state index is -4.09. The fraction of sp³-hybridized carbons (Fsp3) is 0.571. The Bertz CT molecular complexity index is 1010. The van der Waals surface area contributed by atoms with Gasteiger partial charge in [-0.15, -0.1) is 0 Å². The summed E-state index contributed by atoms with van der Waals surface area (Å²) < 4.78 is 40.0. The monoisotopic (exact) mass is 485 g/mol. The Kier molecular flexibility index (Phi) is 6.53. The van der Waals surface area contributed by atoms with Crippen LogP contribution in [0.5, 0.6) is 0 Å². The normalized spacial score (nSPS) is 28.7. The predicted octanol–water partition coefficient (Wildman–Crippen LogP) is 6.72. The van der Waals surface area contributed by atoms with Gasteiger partial charge in [0.15, 0.2) is 5.78 Å². The number of Topliss-reactive ketones (excluding diaryl/α,β-unsaturated/α-hetero) is 1. The Labute approximate surface area is 205 Å². The van der Waals surface area contributed by atoms with Crippen LogP contribution in [0.2, 0.25) is 0 Å². The van der Waals surface area contributed by atoms with E-state index in [0.717, 1.165) is 37.2 Å². The third-order valence-electron chi connectivity index (χ3n) is 8.41. The number of aromatic nitrogens is 1. The number of pyridine rings is 1. The first-order valence-electron chi connectivity index (χ1n) is 12.9. The molecule has 2 atom stereocenters. The minimum Gasteiger partial charge on any atom is -0.365 e. The highest BCUT2D eigenvalue weighted by molar-refractivity contribution is 5.93. The molecule has 3 aliphatic rings. The van der Waals surface area contributed by atoms with Crippen LogP contribution in [0.1, 0.15) is 74.2 Å². The van der Waals surface area contributed by atoms with Gasteiger partial charge in [0.2, 0.25) is 0 Å². The summed E-state index contributed by atoms with van der Waals surface area (Å²) in [5.74, 6) is -0.228. The van der Waals surface area contributed by atoms with Gasteiger partial charge in [-0.1, -0.05) is 17.7 Å². The van der Waals surface area contributed by atoms with E-state index in [-0.39, 0.29) is 24.7 Å². The van der Waals surface area contributed by atoms with Crippen LogP contribution in [0.15, 0.2) is 42.6 Å². The second-order valence-electron chi connectivity index (χ2n) is 10.7. The lowest BCUT2D eigenvalue weighted by molar-refractivity contribution is -0.182. The summed E-state index contributed by atoms with van der Waals surface area (Å²) in [5.41, 5.74) is 2.94. The van der Waals surface area contributed by atoms with Crippen molar-refractivity contribution in [2.24, 2.45) is 5.92 Å². The summed E-state index contributed by atoms with van der Waals surface area (Å²) in [6.07, 6.45) is 3.32. The highest BCUT2D eigenvalue weighted by Crippen LogP contribution is 2.45. The van der Waals surface area contributed by atoms with Gasteiger partial charge in [-0.25, -0.2) is 4.98 Å². The number of piperidine rings is 1. The number of nitrogens with zero attached hydrogens (tertiary/aromatic N) is 3. The van der Waals surface area contributed by atoms with Crippen molar-refractivity contribution in [1.29, 1.82) is 0 Å². The van der Waals surface area contributed by atoms with Crippen molar-refractivity contribution in [2.45, 2.75) is 95.6 Å². The zero-order chi connectivity index (χ0) is 24.7. The van der Waals surface area contributed by atoms with E-state index >= 15 is 0 Å². The zero-order valence-electron chi connectivity index (χ0n) is 20.5. The molecule has 2 saturated heterocycles. The van der Waals surface area contributed by atoms with Crippen LogP contribution in [-0.4, -0.2) is 41.1 Å². The van der Waals surface area contributed by atoms with Crippen LogP contribution in [0.3, 0.4) is 0 Å². The van der Waals surface area contributed by atoms with Crippen molar-refractivity contribution < 1.29 is 18.0 Å². The topological polar surface area (TPSA) is 36.4 Å². The Morgan fingerprint density at radius 2 is 1.54 bits per heavy atom. The van der Waals surface area contributed by atoms with Crippen LogP contribution in [-0.2, 0) is 0 Å². The molecular formula is C28H34F3N3O. The van der Waals surface area contributed by atoms with Crippen LogP contribution in [0.4, 0.5) is 24.7 Å². The Morgan fingerprint density at radius 1 is 0.914 bits per heavy atom. The number of anilines is 2. The smallest absolute Gasteiger partial charge is 0.365 e. The molecule has 1 saturated carbocycles. The predicted molar refractivity (Wildman–Crippen MR) is 132 cm³/mol. The average Bonchev–Trinajstić information content (AvgIpc) is 3.10. The molecule has 0 spiro atoms. The largest absolute Gasteiger partial charge is 0.391 e. The van der Waals surface area contributed by atoms with Gasteiger partial charge in [0.25, 0.3) is 0 Å². The maximum atomic E-state index is 13.3. The lowest BCUT2D eigenvalue weighted by atomic mass is 9.83. The van der Waals surface area contributed by atoms with E-state index in [1.54, 1.807) is 13.1 Å². The summed E-state index contributed by atoms with van der Waals surface area (Å²) in [4.78, 5) is 21.2. The third-order valence-corrected chi connectivity index (χ3v) is 8.41. The number of halogens is 3. The molecule has 5 rings (SSSR count). The molecule has 0 N–H and O–H groups in total. The van der Waals surface area contributed by atoms with Gasteiger partial charge in [-0.2, -0.15) is 13.2 Å². The molecule has 35 heavy (non-hydrogen) atoms. The first-order chi connectivity index (χ1) is 16.7. The van der Waals surface area contributed by atoms with Crippen LogP contribution in [0.25, 0.3) is 0 Å². The standard InChI is InChI=1S/C28H34F3N3O/c1-18-3-8-22(9-4-18)33(23-10-6-21(7-11-23)28(29,30)31)26-15-24-12-13-25(16-26)34(24)27-14-5-20(17-32-27)19(2)35/h3-5,8-9,14,17,21,23-26H,6-7,10-13,15-16H2,1-2H3. The molecule has 1 aromatic carbocycles. The van der Waals surface area contributed by atoms with Crippen LogP contribution < -0.4 is 9.80 Å². The number of hydrogen-bond acceptors (Lipinski definition) is 4. The van der Waals surface area contributed by atoms with E-state index in [4.69, 9.17) is 0 Å². The zero-order valence-corrected chi connectivity index (χ0v) is 20.5. The van der Waals surface area contributed by atoms with E-state index in [2.05, 4.69) is 46.0 Å². The summed E-state index contributed by atoms with van der Waals surface area (Å²) in [6.45, 7) is 3.61. The number of aryl methyl sites for hydroxylation is 1. The molecule has 0 radical (unpaired) electrons. The summed E-state index contributed by atoms with van der Waals surface area (Å²) >= 11 is 0. The highest BCUT2D eigenvalue weighted by Gasteiger charge is 2.46. The first kappa shape index (κ1) is 24.1. The average molecular weight is 486 g/mol. The summed E-state index contributed by atoms with van der Waals surface area (Å²) in [6, 6.07) is 13.5. The molecule has 188 valence electrons. The van der Waals surface area contributed by atoms with Crippen LogP contribution in [0, 0.1) is 12.8 Å². The molecule has 7 heteroatoms. The molecule has 0 amide bonds. The van der Waals surface area contributed by atoms with E-state index in [1.807, 2.05) is 12.1 Å². The molecule has 4 nitrogen and oxygen atoms in total. The maximum absolute atomic E-state index is 13.3.